The van der Waals surface area contributed by atoms with E-state index in [0.29, 0.717) is 5.56 Å². The fraction of sp³-hybridized carbons (Fsp3) is 0. The third kappa shape index (κ3) is 3.43. The molecule has 0 atom stereocenters. The number of nitrogens with one attached hydrogen (secondary N) is 1. The maximum atomic E-state index is 12.0. The zero-order valence-corrected chi connectivity index (χ0v) is 11.3. The molecule has 2 rings (SSSR count). The summed E-state index contributed by atoms with van der Waals surface area (Å²) >= 11 is 5.32. The summed E-state index contributed by atoms with van der Waals surface area (Å²) in [4.78, 5) is 33.3. The molecule has 0 fully saturated rings. The first kappa shape index (κ1) is 14.7. The minimum Gasteiger partial charge on any atom is -0.322 e. The Morgan fingerprint density at radius 2 is 1.76 bits per heavy atom. The van der Waals surface area contributed by atoms with Crippen LogP contribution in [0.2, 0.25) is 0 Å². The van der Waals surface area contributed by atoms with Gasteiger partial charge in [-0.25, -0.2) is 0 Å². The molecule has 0 aliphatic heterocycles. The van der Waals surface area contributed by atoms with Crippen molar-refractivity contribution in [1.82, 2.24) is 0 Å². The van der Waals surface area contributed by atoms with Crippen molar-refractivity contribution < 1.29 is 14.5 Å². The molecule has 7 heteroatoms. The van der Waals surface area contributed by atoms with Gasteiger partial charge in [0.05, 0.1) is 4.92 Å². The second kappa shape index (κ2) is 6.15. The van der Waals surface area contributed by atoms with E-state index in [1.165, 1.54) is 12.1 Å². The molecule has 0 unspecified atom stereocenters. The lowest BCUT2D eigenvalue weighted by atomic mass is 10.1. The zero-order valence-electron chi connectivity index (χ0n) is 10.6. The predicted molar refractivity (Wildman–Crippen MR) is 77.7 cm³/mol. The number of benzene rings is 2. The van der Waals surface area contributed by atoms with Crippen LogP contribution in [0.15, 0.2) is 48.5 Å². The Labute approximate surface area is 124 Å². The summed E-state index contributed by atoms with van der Waals surface area (Å²) in [6.07, 6.45) is 0. The van der Waals surface area contributed by atoms with Crippen molar-refractivity contribution in [3.63, 3.8) is 0 Å². The molecule has 0 aliphatic carbocycles. The van der Waals surface area contributed by atoms with Crippen LogP contribution in [0, 0.1) is 10.1 Å². The van der Waals surface area contributed by atoms with E-state index in [1.54, 1.807) is 30.3 Å². The average molecular weight is 305 g/mol. The van der Waals surface area contributed by atoms with Gasteiger partial charge in [0.2, 0.25) is 0 Å². The molecule has 0 spiro atoms. The molecule has 2 aromatic carbocycles. The Balaban J connectivity index is 2.30. The first-order valence-electron chi connectivity index (χ1n) is 5.83. The van der Waals surface area contributed by atoms with Crippen molar-refractivity contribution in [2.75, 3.05) is 5.32 Å². The van der Waals surface area contributed by atoms with Gasteiger partial charge in [-0.05, 0) is 35.9 Å². The van der Waals surface area contributed by atoms with Crippen LogP contribution in [-0.2, 0) is 0 Å². The van der Waals surface area contributed by atoms with Gasteiger partial charge in [0.15, 0.2) is 0 Å². The second-order valence-corrected chi connectivity index (χ2v) is 4.43. The minimum atomic E-state index is -0.961. The second-order valence-electron chi connectivity index (χ2n) is 4.08. The van der Waals surface area contributed by atoms with Crippen molar-refractivity contribution >= 4 is 34.1 Å². The van der Waals surface area contributed by atoms with Crippen molar-refractivity contribution in [3.05, 3.63) is 69.8 Å². The van der Waals surface area contributed by atoms with E-state index >= 15 is 0 Å². The van der Waals surface area contributed by atoms with Crippen LogP contribution in [0.5, 0.6) is 0 Å². The van der Waals surface area contributed by atoms with Crippen molar-refractivity contribution in [3.8, 4) is 0 Å². The molecular formula is C14H9ClN2O4. The number of amides is 1. The van der Waals surface area contributed by atoms with Crippen LogP contribution >= 0.6 is 11.6 Å². The van der Waals surface area contributed by atoms with Gasteiger partial charge >= 0.3 is 0 Å². The Kier molecular flexibility index (Phi) is 4.30. The number of carbonyl (C=O) groups is 2. The number of rotatable bonds is 4. The van der Waals surface area contributed by atoms with Crippen LogP contribution < -0.4 is 5.32 Å². The number of nitro benzene ring substituents is 1. The number of halogens is 1. The maximum absolute atomic E-state index is 12.0. The predicted octanol–water partition coefficient (Wildman–Crippen LogP) is 3.23. The number of nitrogens with zero attached hydrogens (tertiary/aromatic N) is 1. The third-order valence-corrected chi connectivity index (χ3v) is 2.90. The molecule has 0 saturated heterocycles. The molecular weight excluding hydrogens is 296 g/mol. The Morgan fingerprint density at radius 3 is 2.33 bits per heavy atom. The summed E-state index contributed by atoms with van der Waals surface area (Å²) in [6, 6.07) is 12.1. The molecule has 0 heterocycles. The van der Waals surface area contributed by atoms with Gasteiger partial charge in [-0.2, -0.15) is 0 Å². The summed E-state index contributed by atoms with van der Waals surface area (Å²) in [6.45, 7) is 0. The van der Waals surface area contributed by atoms with E-state index in [0.717, 1.165) is 6.07 Å². The van der Waals surface area contributed by atoms with E-state index in [9.17, 15) is 19.7 Å². The smallest absolute Gasteiger partial charge is 0.281 e. The fourth-order valence-electron chi connectivity index (χ4n) is 1.72. The summed E-state index contributed by atoms with van der Waals surface area (Å²) < 4.78 is 0. The van der Waals surface area contributed by atoms with Gasteiger partial charge in [-0.15, -0.1) is 0 Å². The molecule has 1 amide bonds. The lowest BCUT2D eigenvalue weighted by molar-refractivity contribution is -0.385. The Hall–Kier alpha value is -2.73. The normalized spacial score (nSPS) is 9.95. The van der Waals surface area contributed by atoms with Crippen LogP contribution in [0.3, 0.4) is 0 Å². The molecule has 0 radical (unpaired) electrons. The quantitative estimate of drug-likeness (QED) is 0.533. The highest BCUT2D eigenvalue weighted by Gasteiger charge is 2.19. The molecule has 0 aliphatic rings. The number of hydrogen-bond acceptors (Lipinski definition) is 4. The van der Waals surface area contributed by atoms with Gasteiger partial charge in [-0.1, -0.05) is 18.2 Å². The molecule has 106 valence electrons. The van der Waals surface area contributed by atoms with Crippen LogP contribution in [-0.4, -0.2) is 16.1 Å². The monoisotopic (exact) mass is 304 g/mol. The van der Waals surface area contributed by atoms with E-state index in [1.807, 2.05) is 0 Å². The average Bonchev–Trinajstić information content (AvgIpc) is 2.47. The first-order valence-corrected chi connectivity index (χ1v) is 6.21. The summed E-state index contributed by atoms with van der Waals surface area (Å²) in [5, 5.41) is 12.4. The maximum Gasteiger partial charge on any atom is 0.281 e. The largest absolute Gasteiger partial charge is 0.322 e. The molecule has 21 heavy (non-hydrogen) atoms. The van der Waals surface area contributed by atoms with Crippen molar-refractivity contribution in [1.29, 1.82) is 0 Å². The SMILES string of the molecule is O=C(Nc1ccc([N+](=O)[O-])c(C(=O)Cl)c1)c1ccccc1. The molecule has 0 aromatic heterocycles. The lowest BCUT2D eigenvalue weighted by Gasteiger charge is -2.06. The van der Waals surface area contributed by atoms with Crippen molar-refractivity contribution in [2.45, 2.75) is 0 Å². The summed E-state index contributed by atoms with van der Waals surface area (Å²) in [5.41, 5.74) is -0.00621. The highest BCUT2D eigenvalue weighted by atomic mass is 35.5. The van der Waals surface area contributed by atoms with E-state index in [2.05, 4.69) is 5.32 Å². The van der Waals surface area contributed by atoms with Crippen LogP contribution in [0.4, 0.5) is 11.4 Å². The van der Waals surface area contributed by atoms with Crippen molar-refractivity contribution in [2.24, 2.45) is 0 Å². The standard InChI is InChI=1S/C14H9ClN2O4/c15-13(18)11-8-10(6-7-12(11)17(20)21)16-14(19)9-4-2-1-3-5-9/h1-8H,(H,16,19). The molecule has 0 bridgehead atoms. The number of nitro groups is 1. The highest BCUT2D eigenvalue weighted by Crippen LogP contribution is 2.24. The molecule has 0 saturated carbocycles. The van der Waals surface area contributed by atoms with Gasteiger partial charge in [0.25, 0.3) is 16.8 Å². The van der Waals surface area contributed by atoms with Gasteiger partial charge in [0, 0.05) is 17.3 Å². The summed E-state index contributed by atoms with van der Waals surface area (Å²) in [7, 11) is 0. The van der Waals surface area contributed by atoms with Gasteiger partial charge in [0.1, 0.15) is 5.56 Å². The Morgan fingerprint density at radius 1 is 1.10 bits per heavy atom. The highest BCUT2D eigenvalue weighted by molar-refractivity contribution is 6.68. The lowest BCUT2D eigenvalue weighted by Crippen LogP contribution is -2.12. The van der Waals surface area contributed by atoms with E-state index < -0.39 is 21.8 Å². The zero-order chi connectivity index (χ0) is 15.4. The number of carbonyl (C=O) groups excluding carboxylic acids is 2. The van der Waals surface area contributed by atoms with E-state index in [-0.39, 0.29) is 11.3 Å². The van der Waals surface area contributed by atoms with Crippen LogP contribution in [0.1, 0.15) is 20.7 Å². The van der Waals surface area contributed by atoms with E-state index in [4.69, 9.17) is 11.6 Å². The number of hydrogen-bond donors (Lipinski definition) is 1. The van der Waals surface area contributed by atoms with Gasteiger partial charge < -0.3 is 5.32 Å². The fourth-order valence-corrected chi connectivity index (χ4v) is 1.87. The topological polar surface area (TPSA) is 89.3 Å². The molecule has 6 nitrogen and oxygen atoms in total. The molecule has 2 aromatic rings. The first-order chi connectivity index (χ1) is 9.99. The summed E-state index contributed by atoms with van der Waals surface area (Å²) in [5.74, 6) is -0.391. The minimum absolute atomic E-state index is 0.249. The van der Waals surface area contributed by atoms with Crippen LogP contribution in [0.25, 0.3) is 0 Å². The van der Waals surface area contributed by atoms with Gasteiger partial charge in [-0.3, -0.25) is 19.7 Å². The number of anilines is 1. The Bertz CT molecular complexity index is 716. The molecule has 1 N–H and O–H groups in total. The third-order valence-electron chi connectivity index (χ3n) is 2.70.